The van der Waals surface area contributed by atoms with Crippen molar-refractivity contribution >= 4 is 10.9 Å². The molecule has 1 aromatic heterocycles. The summed E-state index contributed by atoms with van der Waals surface area (Å²) in [5, 5.41) is 0.574. The third-order valence-electron chi connectivity index (χ3n) is 5.43. The molecule has 4 heteroatoms. The van der Waals surface area contributed by atoms with Crippen molar-refractivity contribution in [1.82, 2.24) is 9.13 Å². The van der Waals surface area contributed by atoms with E-state index < -0.39 is 0 Å². The maximum Gasteiger partial charge on any atom is 0.331 e. The van der Waals surface area contributed by atoms with Crippen LogP contribution in [0.5, 0.6) is 0 Å². The number of benzene rings is 3. The predicted octanol–water partition coefficient (Wildman–Crippen LogP) is 4.07. The normalized spacial score (nSPS) is 11.1. The number of aryl methyl sites for hydroxylation is 3. The van der Waals surface area contributed by atoms with Gasteiger partial charge in [-0.1, -0.05) is 66.2 Å². The number of hydrogen-bond donors (Lipinski definition) is 0. The van der Waals surface area contributed by atoms with Gasteiger partial charge in [-0.3, -0.25) is 13.9 Å². The lowest BCUT2D eigenvalue weighted by Crippen LogP contribution is -2.40. The highest BCUT2D eigenvalue weighted by atomic mass is 16.2. The van der Waals surface area contributed by atoms with Crippen molar-refractivity contribution in [1.29, 1.82) is 0 Å². The van der Waals surface area contributed by atoms with Gasteiger partial charge in [-0.2, -0.15) is 0 Å². The molecule has 0 spiro atoms. The van der Waals surface area contributed by atoms with Crippen LogP contribution in [0.25, 0.3) is 10.9 Å². The van der Waals surface area contributed by atoms with Crippen LogP contribution < -0.4 is 11.2 Å². The molecule has 0 atom stereocenters. The second-order valence-corrected chi connectivity index (χ2v) is 7.51. The maximum atomic E-state index is 13.3. The molecular weight excluding hydrogens is 360 g/mol. The van der Waals surface area contributed by atoms with Crippen molar-refractivity contribution in [3.63, 3.8) is 0 Å². The van der Waals surface area contributed by atoms with Crippen molar-refractivity contribution in [2.75, 3.05) is 0 Å². The van der Waals surface area contributed by atoms with Gasteiger partial charge in [0.2, 0.25) is 0 Å². The van der Waals surface area contributed by atoms with E-state index in [1.165, 1.54) is 10.1 Å². The Labute approximate surface area is 169 Å². The van der Waals surface area contributed by atoms with Crippen LogP contribution in [0.15, 0.2) is 82.4 Å². The molecule has 146 valence electrons. The van der Waals surface area contributed by atoms with Crippen LogP contribution >= 0.6 is 0 Å². The lowest BCUT2D eigenvalue weighted by Gasteiger charge is -2.15. The Hall–Kier alpha value is -3.40. The van der Waals surface area contributed by atoms with Crippen LogP contribution in [0.3, 0.4) is 0 Å². The molecule has 0 aliphatic rings. The van der Waals surface area contributed by atoms with Crippen LogP contribution in [0.4, 0.5) is 0 Å². The molecule has 1 heterocycles. The molecule has 0 unspecified atom stereocenters. The highest BCUT2D eigenvalue weighted by Crippen LogP contribution is 2.13. The van der Waals surface area contributed by atoms with E-state index >= 15 is 0 Å². The quantitative estimate of drug-likeness (QED) is 0.521. The molecule has 0 radical (unpaired) electrons. The largest absolute Gasteiger partial charge is 0.331 e. The number of para-hydroxylation sites is 1. The molecule has 4 nitrogen and oxygen atoms in total. The van der Waals surface area contributed by atoms with Gasteiger partial charge in [-0.25, -0.2) is 4.79 Å². The van der Waals surface area contributed by atoms with E-state index in [4.69, 9.17) is 0 Å². The predicted molar refractivity (Wildman–Crippen MR) is 118 cm³/mol. The van der Waals surface area contributed by atoms with Crippen LogP contribution in [0.1, 0.15) is 22.3 Å². The second-order valence-electron chi connectivity index (χ2n) is 7.51. The van der Waals surface area contributed by atoms with E-state index in [9.17, 15) is 9.59 Å². The second kappa shape index (κ2) is 7.92. The van der Waals surface area contributed by atoms with Gasteiger partial charge in [0.15, 0.2) is 0 Å². The summed E-state index contributed by atoms with van der Waals surface area (Å²) in [5.41, 5.74) is 4.69. The fourth-order valence-corrected chi connectivity index (χ4v) is 3.79. The minimum atomic E-state index is -0.260. The molecule has 0 N–H and O–H groups in total. The van der Waals surface area contributed by atoms with Gasteiger partial charge < -0.3 is 0 Å². The number of fused-ring (bicyclic) bond motifs is 1. The van der Waals surface area contributed by atoms with Gasteiger partial charge in [0, 0.05) is 6.54 Å². The van der Waals surface area contributed by atoms with Crippen molar-refractivity contribution in [2.24, 2.45) is 0 Å². The van der Waals surface area contributed by atoms with E-state index in [0.717, 1.165) is 16.7 Å². The summed E-state index contributed by atoms with van der Waals surface area (Å²) in [6.07, 6.45) is 0.638. The molecule has 4 aromatic rings. The first-order valence-electron chi connectivity index (χ1n) is 9.87. The van der Waals surface area contributed by atoms with Gasteiger partial charge in [0.1, 0.15) is 0 Å². The van der Waals surface area contributed by atoms with E-state index in [2.05, 4.69) is 6.07 Å². The lowest BCUT2D eigenvalue weighted by atomic mass is 10.1. The summed E-state index contributed by atoms with van der Waals surface area (Å²) < 4.78 is 3.10. The SMILES string of the molecule is Cc1cccc(CCn2c(=O)c3ccccc3n(Cc3ccccc3C)c2=O)c1. The van der Waals surface area contributed by atoms with Gasteiger partial charge in [0.05, 0.1) is 17.4 Å². The molecule has 0 bridgehead atoms. The highest BCUT2D eigenvalue weighted by molar-refractivity contribution is 5.77. The Morgan fingerprint density at radius 2 is 1.55 bits per heavy atom. The van der Waals surface area contributed by atoms with Gasteiger partial charge in [-0.05, 0) is 49.1 Å². The lowest BCUT2D eigenvalue weighted by molar-refractivity contribution is 0.589. The Balaban J connectivity index is 1.81. The first kappa shape index (κ1) is 18.9. The van der Waals surface area contributed by atoms with Crippen LogP contribution in [-0.4, -0.2) is 9.13 Å². The molecule has 0 aliphatic heterocycles. The molecule has 0 saturated heterocycles. The standard InChI is InChI=1S/C25H24N2O2/c1-18-8-7-10-20(16-18)14-15-26-24(28)22-12-5-6-13-23(22)27(25(26)29)17-21-11-4-3-9-19(21)2/h3-13,16H,14-15,17H2,1-2H3. The van der Waals surface area contributed by atoms with Crippen molar-refractivity contribution in [3.05, 3.63) is 116 Å². The smallest absolute Gasteiger partial charge is 0.289 e. The average Bonchev–Trinajstić information content (AvgIpc) is 2.72. The van der Waals surface area contributed by atoms with Crippen LogP contribution in [0, 0.1) is 13.8 Å². The van der Waals surface area contributed by atoms with Crippen molar-refractivity contribution < 1.29 is 0 Å². The van der Waals surface area contributed by atoms with Crippen molar-refractivity contribution in [2.45, 2.75) is 33.4 Å². The third-order valence-corrected chi connectivity index (χ3v) is 5.43. The van der Waals surface area contributed by atoms with Gasteiger partial charge in [-0.15, -0.1) is 0 Å². The highest BCUT2D eigenvalue weighted by Gasteiger charge is 2.14. The number of nitrogens with zero attached hydrogens (tertiary/aromatic N) is 2. The number of aromatic nitrogens is 2. The van der Waals surface area contributed by atoms with Crippen LogP contribution in [-0.2, 0) is 19.5 Å². The number of hydrogen-bond acceptors (Lipinski definition) is 2. The third kappa shape index (κ3) is 3.79. The molecule has 0 aliphatic carbocycles. The van der Waals surface area contributed by atoms with E-state index in [-0.39, 0.29) is 11.2 Å². The molecule has 0 fully saturated rings. The molecule has 3 aromatic carbocycles. The topological polar surface area (TPSA) is 44.0 Å². The van der Waals surface area contributed by atoms with Crippen molar-refractivity contribution in [3.8, 4) is 0 Å². The average molecular weight is 384 g/mol. The Kier molecular flexibility index (Phi) is 5.17. The molecule has 29 heavy (non-hydrogen) atoms. The minimum Gasteiger partial charge on any atom is -0.289 e. The summed E-state index contributed by atoms with van der Waals surface area (Å²) in [7, 11) is 0. The molecule has 4 rings (SSSR count). The maximum absolute atomic E-state index is 13.3. The Morgan fingerprint density at radius 1 is 0.793 bits per heavy atom. The van der Waals surface area contributed by atoms with E-state index in [0.29, 0.717) is 30.4 Å². The summed E-state index contributed by atoms with van der Waals surface area (Å²) in [4.78, 5) is 26.4. The first-order valence-corrected chi connectivity index (χ1v) is 9.87. The zero-order chi connectivity index (χ0) is 20.4. The minimum absolute atomic E-state index is 0.223. The Morgan fingerprint density at radius 3 is 2.34 bits per heavy atom. The van der Waals surface area contributed by atoms with E-state index in [1.54, 1.807) is 10.6 Å². The molecule has 0 saturated carbocycles. The van der Waals surface area contributed by atoms with Gasteiger partial charge >= 0.3 is 5.69 Å². The number of rotatable bonds is 5. The van der Waals surface area contributed by atoms with E-state index in [1.807, 2.05) is 74.5 Å². The molecular formula is C25H24N2O2. The summed E-state index contributed by atoms with van der Waals surface area (Å²) in [5.74, 6) is 0. The Bertz CT molecular complexity index is 1300. The fraction of sp³-hybridized carbons (Fsp3) is 0.200. The van der Waals surface area contributed by atoms with Crippen LogP contribution in [0.2, 0.25) is 0 Å². The first-order chi connectivity index (χ1) is 14.0. The monoisotopic (exact) mass is 384 g/mol. The summed E-state index contributed by atoms with van der Waals surface area (Å²) >= 11 is 0. The van der Waals surface area contributed by atoms with Gasteiger partial charge in [0.25, 0.3) is 5.56 Å². The fourth-order valence-electron chi connectivity index (χ4n) is 3.79. The summed E-state index contributed by atoms with van der Waals surface area (Å²) in [6, 6.07) is 23.6. The zero-order valence-electron chi connectivity index (χ0n) is 16.8. The summed E-state index contributed by atoms with van der Waals surface area (Å²) in [6.45, 7) is 4.88. The zero-order valence-corrected chi connectivity index (χ0v) is 16.8. The molecule has 0 amide bonds.